The molecule has 0 saturated carbocycles. The summed E-state index contributed by atoms with van der Waals surface area (Å²) in [5.74, 6) is 2.34. The Kier molecular flexibility index (Phi) is 6.57. The number of allylic oxidation sites excluding steroid dienone is 1. The second-order valence-electron chi connectivity index (χ2n) is 6.11. The molecule has 1 N–H and O–H groups in total. The quantitative estimate of drug-likeness (QED) is 0.606. The van der Waals surface area contributed by atoms with Crippen LogP contribution < -0.4 is 10.2 Å². The summed E-state index contributed by atoms with van der Waals surface area (Å²) < 4.78 is 11.0. The van der Waals surface area contributed by atoms with Gasteiger partial charge in [0.15, 0.2) is 6.61 Å². The first kappa shape index (κ1) is 18.5. The van der Waals surface area contributed by atoms with Gasteiger partial charge in [-0.25, -0.2) is 5.43 Å². The van der Waals surface area contributed by atoms with Crippen molar-refractivity contribution in [2.24, 2.45) is 5.10 Å². The van der Waals surface area contributed by atoms with Crippen LogP contribution in [-0.4, -0.2) is 18.7 Å². The van der Waals surface area contributed by atoms with Gasteiger partial charge in [-0.1, -0.05) is 26.0 Å². The fraction of sp³-hybridized carbons (Fsp3) is 0.300. The number of ether oxygens (including phenoxy) is 1. The van der Waals surface area contributed by atoms with Crippen molar-refractivity contribution in [2.45, 2.75) is 33.6 Å². The van der Waals surface area contributed by atoms with E-state index in [2.05, 4.69) is 24.4 Å². The maximum Gasteiger partial charge on any atom is 0.277 e. The number of furan rings is 1. The fourth-order valence-corrected chi connectivity index (χ4v) is 2.25. The molecule has 5 nitrogen and oxygen atoms in total. The molecule has 1 heterocycles. The van der Waals surface area contributed by atoms with Crippen molar-refractivity contribution in [1.29, 1.82) is 0 Å². The van der Waals surface area contributed by atoms with Crippen LogP contribution in [0.2, 0.25) is 0 Å². The molecule has 1 amide bonds. The molecule has 0 spiro atoms. The maximum atomic E-state index is 11.8. The number of hydrogen-bond donors (Lipinski definition) is 1. The smallest absolute Gasteiger partial charge is 0.277 e. The van der Waals surface area contributed by atoms with Crippen LogP contribution in [0.5, 0.6) is 5.75 Å². The van der Waals surface area contributed by atoms with Gasteiger partial charge in [-0.3, -0.25) is 4.79 Å². The van der Waals surface area contributed by atoms with E-state index in [1.165, 1.54) is 6.21 Å². The monoisotopic (exact) mass is 340 g/mol. The van der Waals surface area contributed by atoms with Gasteiger partial charge in [0.05, 0.1) is 0 Å². The zero-order valence-corrected chi connectivity index (χ0v) is 15.1. The van der Waals surface area contributed by atoms with Crippen LogP contribution in [0.15, 0.2) is 45.9 Å². The highest BCUT2D eigenvalue weighted by atomic mass is 16.5. The highest BCUT2D eigenvalue weighted by molar-refractivity contribution is 5.81. The minimum atomic E-state index is -0.310. The van der Waals surface area contributed by atoms with Crippen LogP contribution in [0.25, 0.3) is 6.08 Å². The molecule has 0 aliphatic rings. The van der Waals surface area contributed by atoms with Crippen molar-refractivity contribution in [3.63, 3.8) is 0 Å². The Morgan fingerprint density at radius 3 is 2.76 bits per heavy atom. The van der Waals surface area contributed by atoms with Gasteiger partial charge < -0.3 is 9.15 Å². The standard InChI is InChI=1S/C20H24N2O3/c1-14(2)18-10-7-15(3)12-19(18)24-13-20(23)22-21-11-5-6-17-9-8-16(4)25-17/h5-12,14H,13H2,1-4H3,(H,22,23)/b6-5+,21-11+. The number of hydrogen-bond acceptors (Lipinski definition) is 4. The lowest BCUT2D eigenvalue weighted by Crippen LogP contribution is -2.24. The second-order valence-corrected chi connectivity index (χ2v) is 6.11. The Hall–Kier alpha value is -2.82. The summed E-state index contributed by atoms with van der Waals surface area (Å²) in [6.45, 7) is 7.98. The topological polar surface area (TPSA) is 63.8 Å². The lowest BCUT2D eigenvalue weighted by molar-refractivity contribution is -0.123. The van der Waals surface area contributed by atoms with Crippen molar-refractivity contribution in [2.75, 3.05) is 6.61 Å². The molecule has 0 fully saturated rings. The first-order valence-electron chi connectivity index (χ1n) is 8.24. The summed E-state index contributed by atoms with van der Waals surface area (Å²) in [6, 6.07) is 9.76. The summed E-state index contributed by atoms with van der Waals surface area (Å²) in [7, 11) is 0. The van der Waals surface area contributed by atoms with Gasteiger partial charge in [-0.15, -0.1) is 0 Å². The van der Waals surface area contributed by atoms with E-state index in [4.69, 9.17) is 9.15 Å². The molecule has 2 rings (SSSR count). The fourth-order valence-electron chi connectivity index (χ4n) is 2.25. The van der Waals surface area contributed by atoms with Crippen molar-refractivity contribution in [3.8, 4) is 5.75 Å². The zero-order valence-electron chi connectivity index (χ0n) is 15.1. The molecule has 0 radical (unpaired) electrons. The third-order valence-electron chi connectivity index (χ3n) is 3.52. The van der Waals surface area contributed by atoms with E-state index in [0.29, 0.717) is 5.92 Å². The van der Waals surface area contributed by atoms with Crippen molar-refractivity contribution < 1.29 is 13.9 Å². The van der Waals surface area contributed by atoms with Gasteiger partial charge in [-0.2, -0.15) is 5.10 Å². The molecule has 1 aromatic heterocycles. The van der Waals surface area contributed by atoms with E-state index in [0.717, 1.165) is 28.4 Å². The largest absolute Gasteiger partial charge is 0.483 e. The van der Waals surface area contributed by atoms with Gasteiger partial charge in [0.25, 0.3) is 5.91 Å². The Morgan fingerprint density at radius 2 is 2.08 bits per heavy atom. The van der Waals surface area contributed by atoms with E-state index in [-0.39, 0.29) is 12.5 Å². The molecular formula is C20H24N2O3. The summed E-state index contributed by atoms with van der Waals surface area (Å²) in [5.41, 5.74) is 4.61. The predicted molar refractivity (Wildman–Crippen MR) is 99.9 cm³/mol. The lowest BCUT2D eigenvalue weighted by Gasteiger charge is -2.14. The highest BCUT2D eigenvalue weighted by Crippen LogP contribution is 2.27. The molecular weight excluding hydrogens is 316 g/mol. The molecule has 0 aliphatic carbocycles. The lowest BCUT2D eigenvalue weighted by atomic mass is 10.0. The number of carbonyl (C=O) groups excluding carboxylic acids is 1. The van der Waals surface area contributed by atoms with Gasteiger partial charge in [0, 0.05) is 6.21 Å². The van der Waals surface area contributed by atoms with E-state index in [9.17, 15) is 4.79 Å². The summed E-state index contributed by atoms with van der Waals surface area (Å²) in [5, 5.41) is 3.85. The van der Waals surface area contributed by atoms with Crippen LogP contribution in [0.3, 0.4) is 0 Å². The average molecular weight is 340 g/mol. The van der Waals surface area contributed by atoms with Crippen LogP contribution >= 0.6 is 0 Å². The Bertz CT molecular complexity index is 773. The normalized spacial score (nSPS) is 11.6. The third-order valence-corrected chi connectivity index (χ3v) is 3.52. The zero-order chi connectivity index (χ0) is 18.2. The van der Waals surface area contributed by atoms with Crippen LogP contribution in [0.1, 0.15) is 42.4 Å². The van der Waals surface area contributed by atoms with Crippen LogP contribution in [0.4, 0.5) is 0 Å². The molecule has 132 valence electrons. The summed E-state index contributed by atoms with van der Waals surface area (Å²) >= 11 is 0. The number of rotatable bonds is 7. The number of carbonyl (C=O) groups is 1. The van der Waals surface area contributed by atoms with E-state index in [1.807, 2.05) is 44.2 Å². The second kappa shape index (κ2) is 8.87. The molecule has 1 aromatic carbocycles. The van der Waals surface area contributed by atoms with Gasteiger partial charge >= 0.3 is 0 Å². The van der Waals surface area contributed by atoms with Crippen LogP contribution in [0, 0.1) is 13.8 Å². The van der Waals surface area contributed by atoms with E-state index >= 15 is 0 Å². The molecule has 0 aliphatic heterocycles. The van der Waals surface area contributed by atoms with Crippen LogP contribution in [-0.2, 0) is 4.79 Å². The Balaban J connectivity index is 1.82. The summed E-state index contributed by atoms with van der Waals surface area (Å²) in [6.07, 6.45) is 4.94. The highest BCUT2D eigenvalue weighted by Gasteiger charge is 2.09. The minimum Gasteiger partial charge on any atom is -0.483 e. The van der Waals surface area contributed by atoms with Gasteiger partial charge in [-0.05, 0) is 61.2 Å². The Morgan fingerprint density at radius 1 is 1.28 bits per heavy atom. The number of nitrogens with one attached hydrogen (secondary N) is 1. The van der Waals surface area contributed by atoms with E-state index in [1.54, 1.807) is 12.2 Å². The van der Waals surface area contributed by atoms with Crippen molar-refractivity contribution in [1.82, 2.24) is 5.43 Å². The molecule has 0 unspecified atom stereocenters. The summed E-state index contributed by atoms with van der Waals surface area (Å²) in [4.78, 5) is 11.8. The number of aryl methyl sites for hydroxylation is 2. The number of benzene rings is 1. The molecule has 2 aromatic rings. The molecule has 0 atom stereocenters. The van der Waals surface area contributed by atoms with Gasteiger partial charge in [0.2, 0.25) is 0 Å². The number of amides is 1. The number of nitrogens with zero attached hydrogens (tertiary/aromatic N) is 1. The minimum absolute atomic E-state index is 0.0817. The average Bonchev–Trinajstić information content (AvgIpc) is 2.97. The maximum absolute atomic E-state index is 11.8. The molecule has 0 saturated heterocycles. The molecule has 25 heavy (non-hydrogen) atoms. The predicted octanol–water partition coefficient (Wildman–Crippen LogP) is 4.21. The first-order valence-corrected chi connectivity index (χ1v) is 8.24. The third kappa shape index (κ3) is 5.95. The van der Waals surface area contributed by atoms with E-state index < -0.39 is 0 Å². The number of hydrazone groups is 1. The van der Waals surface area contributed by atoms with Gasteiger partial charge in [0.1, 0.15) is 17.3 Å². The molecule has 0 bridgehead atoms. The molecule has 5 heteroatoms. The SMILES string of the molecule is Cc1ccc(C(C)C)c(OCC(=O)N/N=C/C=C/c2ccc(C)o2)c1. The Labute approximate surface area is 148 Å². The first-order chi connectivity index (χ1) is 12.0. The van der Waals surface area contributed by atoms with Crippen molar-refractivity contribution in [3.05, 3.63) is 59.1 Å². The van der Waals surface area contributed by atoms with Crippen molar-refractivity contribution >= 4 is 18.2 Å².